The molecule has 0 spiro atoms. The van der Waals surface area contributed by atoms with Crippen molar-refractivity contribution >= 4 is 17.1 Å². The number of carbonyl (C=O) groups excluding carboxylic acids is 1. The highest BCUT2D eigenvalue weighted by molar-refractivity contribution is 5.99. The second kappa shape index (κ2) is 5.49. The number of aldehydes is 1. The molecule has 0 heterocycles. The van der Waals surface area contributed by atoms with Gasteiger partial charge in [-0.3, -0.25) is 4.79 Å². The van der Waals surface area contributed by atoms with Gasteiger partial charge in [0.1, 0.15) is 5.82 Å². The highest BCUT2D eigenvalue weighted by Gasteiger charge is 2.15. The van der Waals surface area contributed by atoms with E-state index in [2.05, 4.69) is 0 Å². The molecule has 1 nitrogen and oxygen atoms in total. The Balaban J connectivity index is 2.18. The first-order valence-corrected chi connectivity index (χ1v) is 6.93. The molecule has 3 rings (SSSR count). The van der Waals surface area contributed by atoms with Crippen LogP contribution >= 0.6 is 0 Å². The first kappa shape index (κ1) is 13.5. The number of rotatable bonds is 3. The Morgan fingerprint density at radius 3 is 2.57 bits per heavy atom. The average molecular weight is 278 g/mol. The van der Waals surface area contributed by atoms with E-state index in [1.54, 1.807) is 6.07 Å². The van der Waals surface area contributed by atoms with Gasteiger partial charge in [0, 0.05) is 11.5 Å². The quantitative estimate of drug-likeness (QED) is 0.620. The summed E-state index contributed by atoms with van der Waals surface area (Å²) in [7, 11) is 0. The predicted octanol–water partition coefficient (Wildman–Crippen LogP) is 4.94. The molecular weight excluding hydrogens is 263 g/mol. The molecule has 21 heavy (non-hydrogen) atoms. The summed E-state index contributed by atoms with van der Waals surface area (Å²) in [5, 5.41) is 1.98. The fourth-order valence-corrected chi connectivity index (χ4v) is 2.78. The summed E-state index contributed by atoms with van der Waals surface area (Å²) in [4.78, 5) is 11.6. The van der Waals surface area contributed by atoms with Crippen LogP contribution in [0.3, 0.4) is 0 Å². The van der Waals surface area contributed by atoms with Crippen molar-refractivity contribution in [1.82, 2.24) is 0 Å². The van der Waals surface area contributed by atoms with E-state index in [1.807, 2.05) is 49.4 Å². The number of halogens is 1. The van der Waals surface area contributed by atoms with Crippen LogP contribution in [-0.2, 0) is 0 Å². The molecule has 3 aromatic carbocycles. The van der Waals surface area contributed by atoms with E-state index >= 15 is 0 Å². The minimum atomic E-state index is -0.257. The van der Waals surface area contributed by atoms with Crippen LogP contribution in [0, 0.1) is 5.82 Å². The normalized spacial score (nSPS) is 12.3. The molecule has 2 heteroatoms. The minimum absolute atomic E-state index is 0.0366. The summed E-state index contributed by atoms with van der Waals surface area (Å²) in [5.74, 6) is -0.293. The van der Waals surface area contributed by atoms with Crippen LogP contribution in [0.5, 0.6) is 0 Å². The number of benzene rings is 3. The van der Waals surface area contributed by atoms with E-state index in [1.165, 1.54) is 12.1 Å². The van der Waals surface area contributed by atoms with Crippen LogP contribution < -0.4 is 0 Å². The zero-order valence-corrected chi connectivity index (χ0v) is 11.7. The Labute approximate surface area is 123 Å². The van der Waals surface area contributed by atoms with Gasteiger partial charge >= 0.3 is 0 Å². The first-order valence-electron chi connectivity index (χ1n) is 6.93. The molecule has 1 unspecified atom stereocenters. The topological polar surface area (TPSA) is 17.1 Å². The molecule has 0 aromatic heterocycles. The lowest BCUT2D eigenvalue weighted by Crippen LogP contribution is -2.02. The van der Waals surface area contributed by atoms with Crippen LogP contribution in [0.1, 0.15) is 34.3 Å². The van der Waals surface area contributed by atoms with E-state index in [0.717, 1.165) is 28.2 Å². The fourth-order valence-electron chi connectivity index (χ4n) is 2.78. The van der Waals surface area contributed by atoms with Gasteiger partial charge in [-0.1, -0.05) is 55.5 Å². The molecule has 0 aliphatic rings. The van der Waals surface area contributed by atoms with Gasteiger partial charge in [-0.25, -0.2) is 4.39 Å². The Kier molecular flexibility index (Phi) is 3.53. The van der Waals surface area contributed by atoms with Crippen LogP contribution in [0.25, 0.3) is 10.8 Å². The molecule has 1 atom stereocenters. The highest BCUT2D eigenvalue weighted by atomic mass is 19.1. The third-order valence-electron chi connectivity index (χ3n) is 3.94. The standard InChI is InChI=1S/C19H15FO/c1-13(15-6-4-7-16(20)11-15)17-10-9-14-5-2-3-8-18(14)19(17)12-21/h2-13H,1H3. The van der Waals surface area contributed by atoms with Crippen LogP contribution in [0.15, 0.2) is 60.7 Å². The van der Waals surface area contributed by atoms with Gasteiger partial charge in [0.15, 0.2) is 6.29 Å². The van der Waals surface area contributed by atoms with Crippen molar-refractivity contribution in [2.75, 3.05) is 0 Å². The van der Waals surface area contributed by atoms with Crippen molar-refractivity contribution in [1.29, 1.82) is 0 Å². The van der Waals surface area contributed by atoms with E-state index in [-0.39, 0.29) is 11.7 Å². The molecule has 0 amide bonds. The van der Waals surface area contributed by atoms with Crippen molar-refractivity contribution < 1.29 is 9.18 Å². The summed E-state index contributed by atoms with van der Waals surface area (Å²) in [6.45, 7) is 1.99. The lowest BCUT2D eigenvalue weighted by Gasteiger charge is -2.16. The maximum atomic E-state index is 13.4. The summed E-state index contributed by atoms with van der Waals surface area (Å²) in [5.41, 5.74) is 2.48. The molecule has 0 bridgehead atoms. The Bertz CT molecular complexity index is 808. The smallest absolute Gasteiger partial charge is 0.150 e. The van der Waals surface area contributed by atoms with Crippen molar-refractivity contribution in [3.63, 3.8) is 0 Å². The number of hydrogen-bond acceptors (Lipinski definition) is 1. The average Bonchev–Trinajstić information content (AvgIpc) is 2.53. The lowest BCUT2D eigenvalue weighted by molar-refractivity contribution is 0.112. The minimum Gasteiger partial charge on any atom is -0.298 e. The SMILES string of the molecule is CC(c1cccc(F)c1)c1ccc2ccccc2c1C=O. The lowest BCUT2D eigenvalue weighted by atomic mass is 9.87. The monoisotopic (exact) mass is 278 g/mol. The largest absolute Gasteiger partial charge is 0.298 e. The van der Waals surface area contributed by atoms with Gasteiger partial charge in [-0.2, -0.15) is 0 Å². The molecule has 0 saturated heterocycles. The molecule has 0 saturated carbocycles. The molecule has 104 valence electrons. The van der Waals surface area contributed by atoms with Crippen LogP contribution in [0.2, 0.25) is 0 Å². The second-order valence-corrected chi connectivity index (χ2v) is 5.18. The van der Waals surface area contributed by atoms with Gasteiger partial charge in [-0.15, -0.1) is 0 Å². The van der Waals surface area contributed by atoms with Gasteiger partial charge in [0.05, 0.1) is 0 Å². The molecular formula is C19H15FO. The predicted molar refractivity (Wildman–Crippen MR) is 83.3 cm³/mol. The summed E-state index contributed by atoms with van der Waals surface area (Å²) in [6.07, 6.45) is 0.896. The molecule has 0 aliphatic heterocycles. The van der Waals surface area contributed by atoms with Crippen molar-refractivity contribution in [3.8, 4) is 0 Å². The van der Waals surface area contributed by atoms with E-state index in [4.69, 9.17) is 0 Å². The highest BCUT2D eigenvalue weighted by Crippen LogP contribution is 2.31. The van der Waals surface area contributed by atoms with E-state index in [9.17, 15) is 9.18 Å². The molecule has 0 N–H and O–H groups in total. The fraction of sp³-hybridized carbons (Fsp3) is 0.105. The summed E-state index contributed by atoms with van der Waals surface area (Å²) >= 11 is 0. The van der Waals surface area contributed by atoms with E-state index in [0.29, 0.717) is 5.56 Å². The second-order valence-electron chi connectivity index (χ2n) is 5.18. The summed E-state index contributed by atoms with van der Waals surface area (Å²) in [6, 6.07) is 18.3. The third kappa shape index (κ3) is 2.45. The molecule has 0 fully saturated rings. The summed E-state index contributed by atoms with van der Waals surface area (Å²) < 4.78 is 13.4. The van der Waals surface area contributed by atoms with Gasteiger partial charge < -0.3 is 0 Å². The molecule has 3 aromatic rings. The Morgan fingerprint density at radius 2 is 1.81 bits per heavy atom. The van der Waals surface area contributed by atoms with Crippen molar-refractivity contribution in [2.45, 2.75) is 12.8 Å². The van der Waals surface area contributed by atoms with Gasteiger partial charge in [0.2, 0.25) is 0 Å². The third-order valence-corrected chi connectivity index (χ3v) is 3.94. The van der Waals surface area contributed by atoms with Crippen molar-refractivity contribution in [2.24, 2.45) is 0 Å². The van der Waals surface area contributed by atoms with Crippen LogP contribution in [0.4, 0.5) is 4.39 Å². The maximum absolute atomic E-state index is 13.4. The number of fused-ring (bicyclic) bond motifs is 1. The molecule has 0 aliphatic carbocycles. The zero-order chi connectivity index (χ0) is 14.8. The van der Waals surface area contributed by atoms with Gasteiger partial charge in [-0.05, 0) is 34.0 Å². The zero-order valence-electron chi connectivity index (χ0n) is 11.7. The Morgan fingerprint density at radius 1 is 1.00 bits per heavy atom. The Hall–Kier alpha value is -2.48. The van der Waals surface area contributed by atoms with E-state index < -0.39 is 0 Å². The first-order chi connectivity index (χ1) is 10.2. The maximum Gasteiger partial charge on any atom is 0.150 e. The van der Waals surface area contributed by atoms with Crippen molar-refractivity contribution in [3.05, 3.63) is 83.2 Å². The number of carbonyl (C=O) groups is 1. The number of hydrogen-bond donors (Lipinski definition) is 0. The van der Waals surface area contributed by atoms with Gasteiger partial charge in [0.25, 0.3) is 0 Å². The molecule has 0 radical (unpaired) electrons. The van der Waals surface area contributed by atoms with Crippen LogP contribution in [-0.4, -0.2) is 6.29 Å².